The molecule has 0 bridgehead atoms. The number of aromatic nitrogens is 1. The van der Waals surface area contributed by atoms with Gasteiger partial charge in [0.1, 0.15) is 17.4 Å². The van der Waals surface area contributed by atoms with Crippen LogP contribution < -0.4 is 15.4 Å². The molecule has 1 amide bonds. The van der Waals surface area contributed by atoms with Crippen LogP contribution in [0.25, 0.3) is 0 Å². The lowest BCUT2D eigenvalue weighted by molar-refractivity contribution is -0.112. The first-order chi connectivity index (χ1) is 11.6. The van der Waals surface area contributed by atoms with E-state index >= 15 is 0 Å². The molecule has 0 saturated heterocycles. The second-order valence-corrected chi connectivity index (χ2v) is 5.14. The lowest BCUT2D eigenvalue weighted by Gasteiger charge is -2.10. The van der Waals surface area contributed by atoms with Crippen LogP contribution in [-0.4, -0.2) is 18.0 Å². The van der Waals surface area contributed by atoms with Gasteiger partial charge in [0.2, 0.25) is 0 Å². The normalized spacial score (nSPS) is 10.6. The van der Waals surface area contributed by atoms with Crippen LogP contribution in [0.5, 0.6) is 5.75 Å². The summed E-state index contributed by atoms with van der Waals surface area (Å²) in [4.78, 5) is 16.1. The molecule has 1 aromatic carbocycles. The minimum absolute atomic E-state index is 0.0638. The number of methoxy groups -OCH3 is 1. The van der Waals surface area contributed by atoms with Gasteiger partial charge in [-0.2, -0.15) is 5.26 Å². The van der Waals surface area contributed by atoms with Crippen molar-refractivity contribution in [1.29, 1.82) is 5.26 Å². The molecule has 1 heterocycles. The summed E-state index contributed by atoms with van der Waals surface area (Å²) in [6, 6.07) is 10.4. The monoisotopic (exact) mass is 342 g/mol. The summed E-state index contributed by atoms with van der Waals surface area (Å²) >= 11 is 5.92. The Hall–Kier alpha value is -3.04. The minimum Gasteiger partial charge on any atom is -0.495 e. The van der Waals surface area contributed by atoms with Crippen LogP contribution in [0, 0.1) is 11.3 Å². The van der Waals surface area contributed by atoms with Crippen LogP contribution in [0.3, 0.4) is 0 Å². The Bertz CT molecular complexity index is 785. The third kappa shape index (κ3) is 4.73. The van der Waals surface area contributed by atoms with Gasteiger partial charge >= 0.3 is 0 Å². The Morgan fingerprint density at radius 1 is 1.38 bits per heavy atom. The van der Waals surface area contributed by atoms with Gasteiger partial charge in [0.05, 0.1) is 12.8 Å². The fraction of sp³-hybridized carbons (Fsp3) is 0.118. The number of nitrogens with zero attached hydrogens (tertiary/aromatic N) is 2. The molecule has 0 saturated carbocycles. The van der Waals surface area contributed by atoms with Crippen LogP contribution in [0.15, 0.2) is 54.5 Å². The van der Waals surface area contributed by atoms with E-state index in [0.29, 0.717) is 23.0 Å². The van der Waals surface area contributed by atoms with E-state index in [-0.39, 0.29) is 5.57 Å². The van der Waals surface area contributed by atoms with Crippen LogP contribution in [0.1, 0.15) is 5.56 Å². The highest BCUT2D eigenvalue weighted by Gasteiger charge is 2.12. The van der Waals surface area contributed by atoms with Gasteiger partial charge in [0, 0.05) is 30.2 Å². The number of ether oxygens (including phenoxy) is 1. The number of halogens is 1. The number of amides is 1. The van der Waals surface area contributed by atoms with Crippen molar-refractivity contribution >= 4 is 23.2 Å². The second kappa shape index (κ2) is 8.56. The lowest BCUT2D eigenvalue weighted by atomic mass is 10.2. The molecule has 7 heteroatoms. The Morgan fingerprint density at radius 3 is 2.79 bits per heavy atom. The molecule has 0 atom stereocenters. The first-order valence-electron chi connectivity index (χ1n) is 7.01. The number of hydrogen-bond acceptors (Lipinski definition) is 5. The number of rotatable bonds is 6. The van der Waals surface area contributed by atoms with Crippen molar-refractivity contribution < 1.29 is 9.53 Å². The number of carbonyl (C=O) groups excluding carboxylic acids is 1. The van der Waals surface area contributed by atoms with Crippen molar-refractivity contribution in [3.63, 3.8) is 0 Å². The Morgan fingerprint density at radius 2 is 2.12 bits per heavy atom. The molecular formula is C17H15ClN4O2. The van der Waals surface area contributed by atoms with E-state index in [2.05, 4.69) is 15.6 Å². The highest BCUT2D eigenvalue weighted by Crippen LogP contribution is 2.27. The number of anilines is 1. The van der Waals surface area contributed by atoms with Crippen LogP contribution in [0.4, 0.5) is 5.69 Å². The van der Waals surface area contributed by atoms with Gasteiger partial charge in [-0.25, -0.2) is 0 Å². The van der Waals surface area contributed by atoms with E-state index in [0.717, 1.165) is 5.56 Å². The van der Waals surface area contributed by atoms with Crippen molar-refractivity contribution in [2.45, 2.75) is 6.54 Å². The molecule has 24 heavy (non-hydrogen) atoms. The first-order valence-corrected chi connectivity index (χ1v) is 7.39. The van der Waals surface area contributed by atoms with Gasteiger partial charge in [-0.1, -0.05) is 11.6 Å². The number of benzene rings is 1. The third-order valence-corrected chi connectivity index (χ3v) is 3.31. The van der Waals surface area contributed by atoms with Crippen LogP contribution in [0.2, 0.25) is 5.02 Å². The molecule has 2 N–H and O–H groups in total. The summed E-state index contributed by atoms with van der Waals surface area (Å²) in [5.41, 5.74) is 1.31. The van der Waals surface area contributed by atoms with E-state index in [1.165, 1.54) is 13.3 Å². The first kappa shape index (κ1) is 17.3. The number of carbonyl (C=O) groups is 1. The smallest absolute Gasteiger partial charge is 0.267 e. The van der Waals surface area contributed by atoms with Crippen molar-refractivity contribution in [3.05, 3.63) is 65.1 Å². The van der Waals surface area contributed by atoms with E-state index < -0.39 is 5.91 Å². The SMILES string of the molecule is COc1ccc(Cl)cc1NC(=O)/C(C#N)=C\NCc1ccncc1. The summed E-state index contributed by atoms with van der Waals surface area (Å²) in [5, 5.41) is 15.2. The van der Waals surface area contributed by atoms with E-state index in [4.69, 9.17) is 21.6 Å². The van der Waals surface area contributed by atoms with Gasteiger partial charge in [-0.15, -0.1) is 0 Å². The molecule has 122 valence electrons. The van der Waals surface area contributed by atoms with Crippen LogP contribution >= 0.6 is 11.6 Å². The van der Waals surface area contributed by atoms with Gasteiger partial charge in [0.15, 0.2) is 0 Å². The molecule has 0 aliphatic heterocycles. The van der Waals surface area contributed by atoms with Gasteiger partial charge in [-0.3, -0.25) is 9.78 Å². The second-order valence-electron chi connectivity index (χ2n) is 4.70. The maximum Gasteiger partial charge on any atom is 0.267 e. The standard InChI is InChI=1S/C17H15ClN4O2/c1-24-16-3-2-14(18)8-15(16)22-17(23)13(9-19)11-21-10-12-4-6-20-7-5-12/h2-8,11,21H,10H2,1H3,(H,22,23)/b13-11-. The van der Waals surface area contributed by atoms with Crippen molar-refractivity contribution in [3.8, 4) is 11.8 Å². The lowest BCUT2D eigenvalue weighted by Crippen LogP contribution is -2.17. The third-order valence-electron chi connectivity index (χ3n) is 3.08. The van der Waals surface area contributed by atoms with Gasteiger partial charge < -0.3 is 15.4 Å². The number of hydrogen-bond donors (Lipinski definition) is 2. The Kier molecular flexibility index (Phi) is 6.17. The zero-order chi connectivity index (χ0) is 17.4. The molecule has 0 aliphatic rings. The molecule has 0 radical (unpaired) electrons. The van der Waals surface area contributed by atoms with E-state index in [9.17, 15) is 4.79 Å². The molecule has 0 aliphatic carbocycles. The molecule has 2 aromatic rings. The Balaban J connectivity index is 2.05. The number of nitrogens with one attached hydrogen (secondary N) is 2. The van der Waals surface area contributed by atoms with Crippen molar-refractivity contribution in [2.24, 2.45) is 0 Å². The summed E-state index contributed by atoms with van der Waals surface area (Å²) in [7, 11) is 1.48. The van der Waals surface area contributed by atoms with Gasteiger partial charge in [0.25, 0.3) is 5.91 Å². The van der Waals surface area contributed by atoms with Crippen LogP contribution in [-0.2, 0) is 11.3 Å². The topological polar surface area (TPSA) is 87.0 Å². The molecule has 0 spiro atoms. The Labute approximate surface area is 144 Å². The predicted molar refractivity (Wildman–Crippen MR) is 91.4 cm³/mol. The zero-order valence-electron chi connectivity index (χ0n) is 12.9. The predicted octanol–water partition coefficient (Wildman–Crippen LogP) is 2.88. The summed E-state index contributed by atoms with van der Waals surface area (Å²) in [6.45, 7) is 0.474. The highest BCUT2D eigenvalue weighted by atomic mass is 35.5. The van der Waals surface area contributed by atoms with Crippen molar-refractivity contribution in [1.82, 2.24) is 10.3 Å². The molecule has 6 nitrogen and oxygen atoms in total. The highest BCUT2D eigenvalue weighted by molar-refractivity contribution is 6.31. The molecule has 2 rings (SSSR count). The summed E-state index contributed by atoms with van der Waals surface area (Å²) < 4.78 is 5.16. The molecule has 0 fully saturated rings. The largest absolute Gasteiger partial charge is 0.495 e. The average Bonchev–Trinajstić information content (AvgIpc) is 2.60. The fourth-order valence-electron chi connectivity index (χ4n) is 1.89. The minimum atomic E-state index is -0.555. The molecular weight excluding hydrogens is 328 g/mol. The van der Waals surface area contributed by atoms with Gasteiger partial charge in [-0.05, 0) is 35.9 Å². The fourth-order valence-corrected chi connectivity index (χ4v) is 2.06. The quantitative estimate of drug-likeness (QED) is 0.622. The average molecular weight is 343 g/mol. The van der Waals surface area contributed by atoms with E-state index in [1.54, 1.807) is 30.6 Å². The maximum absolute atomic E-state index is 12.2. The van der Waals surface area contributed by atoms with Crippen molar-refractivity contribution in [2.75, 3.05) is 12.4 Å². The number of nitriles is 1. The summed E-state index contributed by atoms with van der Waals surface area (Å²) in [5.74, 6) is -0.102. The summed E-state index contributed by atoms with van der Waals surface area (Å²) in [6.07, 6.45) is 4.71. The molecule has 1 aromatic heterocycles. The zero-order valence-corrected chi connectivity index (χ0v) is 13.7. The van der Waals surface area contributed by atoms with E-state index in [1.807, 2.05) is 18.2 Å². The maximum atomic E-state index is 12.2. The molecule has 0 unspecified atom stereocenters. The number of pyridine rings is 1.